The van der Waals surface area contributed by atoms with Crippen LogP contribution in [0.25, 0.3) is 0 Å². The largest absolute Gasteiger partial charge is 0.331 e. The Morgan fingerprint density at radius 3 is 2.09 bits per heavy atom. The van der Waals surface area contributed by atoms with Gasteiger partial charge in [-0.1, -0.05) is 87.3 Å². The summed E-state index contributed by atoms with van der Waals surface area (Å²) < 4.78 is 43.1. The molecule has 4 rings (SSSR count). The number of nitrogens with zero attached hydrogens (tertiary/aromatic N) is 2. The summed E-state index contributed by atoms with van der Waals surface area (Å²) in [6.07, 6.45) is 12.9. The van der Waals surface area contributed by atoms with Crippen LogP contribution in [0.4, 0.5) is 13.2 Å². The van der Waals surface area contributed by atoms with Gasteiger partial charge in [-0.25, -0.2) is 18.2 Å². The summed E-state index contributed by atoms with van der Waals surface area (Å²) >= 11 is 0. The molecule has 0 saturated heterocycles. The summed E-state index contributed by atoms with van der Waals surface area (Å²) in [5.74, 6) is -0.231. The fourth-order valence-corrected chi connectivity index (χ4v) is 4.44. The molecule has 1 fully saturated rings. The van der Waals surface area contributed by atoms with Gasteiger partial charge in [-0.2, -0.15) is 0 Å². The van der Waals surface area contributed by atoms with Gasteiger partial charge < -0.3 is 4.57 Å². The minimum atomic E-state index is -0.226. The number of halogens is 3. The molecule has 0 unspecified atom stereocenters. The van der Waals surface area contributed by atoms with E-state index in [0.29, 0.717) is 23.3 Å². The minimum Gasteiger partial charge on any atom is -0.331 e. The number of hydrogen-bond acceptors (Lipinski definition) is 1. The molecule has 1 heterocycles. The quantitative estimate of drug-likeness (QED) is 0.428. The molecular weight excluding hydrogens is 408 g/mol. The lowest BCUT2D eigenvalue weighted by Crippen LogP contribution is -2.49. The van der Waals surface area contributed by atoms with E-state index in [4.69, 9.17) is 0 Å². The van der Waals surface area contributed by atoms with Crippen LogP contribution in [-0.2, 0) is 6.54 Å². The predicted molar refractivity (Wildman–Crippen MR) is 126 cm³/mol. The zero-order valence-electron chi connectivity index (χ0n) is 18.6. The zero-order chi connectivity index (χ0) is 22.8. The van der Waals surface area contributed by atoms with Gasteiger partial charge in [0.1, 0.15) is 17.5 Å². The van der Waals surface area contributed by atoms with Crippen LogP contribution < -0.4 is 10.9 Å². The smallest absolute Gasteiger partial charge is 0.220 e. The van der Waals surface area contributed by atoms with Crippen molar-refractivity contribution >= 4 is 17.6 Å². The number of aromatic nitrogens is 2. The molecule has 168 valence electrons. The molecule has 0 aliphatic heterocycles. The summed E-state index contributed by atoms with van der Waals surface area (Å²) in [5, 5.41) is 0. The number of allylic oxidation sites excluding steroid dienone is 2. The second-order valence-corrected chi connectivity index (χ2v) is 8.21. The molecule has 1 aromatic heterocycles. The van der Waals surface area contributed by atoms with Gasteiger partial charge in [0.05, 0.1) is 12.9 Å². The summed E-state index contributed by atoms with van der Waals surface area (Å²) in [6.45, 7) is 2.04. The molecule has 6 heteroatoms. The monoisotopic (exact) mass is 438 g/mol. The molecule has 0 radical (unpaired) electrons. The van der Waals surface area contributed by atoms with Crippen LogP contribution in [0.3, 0.4) is 0 Å². The average molecular weight is 438 g/mol. The van der Waals surface area contributed by atoms with Gasteiger partial charge in [-0.15, -0.1) is 0 Å². The topological polar surface area (TPSA) is 17.8 Å². The Kier molecular flexibility index (Phi) is 9.20. The first-order chi connectivity index (χ1) is 15.6. The van der Waals surface area contributed by atoms with Crippen LogP contribution in [0.2, 0.25) is 5.82 Å². The Hall–Kier alpha value is -2.76. The Morgan fingerprint density at radius 2 is 1.59 bits per heavy atom. The number of benzene rings is 2. The third-order valence-electron chi connectivity index (χ3n) is 5.92. The van der Waals surface area contributed by atoms with Gasteiger partial charge >= 0.3 is 0 Å². The maximum absolute atomic E-state index is 14.3. The fourth-order valence-electron chi connectivity index (χ4n) is 4.44. The van der Waals surface area contributed by atoms with Crippen LogP contribution in [0.1, 0.15) is 45.4 Å². The average Bonchev–Trinajstić information content (AvgIpc) is 3.31. The highest BCUT2D eigenvalue weighted by Gasteiger charge is 2.33. The summed E-state index contributed by atoms with van der Waals surface area (Å²) in [6, 6.07) is 13.6. The maximum atomic E-state index is 14.3. The third kappa shape index (κ3) is 6.62. The highest BCUT2D eigenvalue weighted by atomic mass is 19.1. The van der Waals surface area contributed by atoms with E-state index < -0.39 is 0 Å². The summed E-state index contributed by atoms with van der Waals surface area (Å²) in [7, 11) is 0. The van der Waals surface area contributed by atoms with Crippen LogP contribution in [0.5, 0.6) is 0 Å². The van der Waals surface area contributed by atoms with E-state index in [2.05, 4.69) is 4.98 Å². The molecule has 0 atom stereocenters. The van der Waals surface area contributed by atoms with Gasteiger partial charge in [-0.05, 0) is 29.5 Å². The normalized spacial score (nSPS) is 14.6. The Bertz CT molecular complexity index is 937. The molecule has 0 N–H and O–H groups in total. The first kappa shape index (κ1) is 23.9. The molecule has 0 amide bonds. The SMILES string of the molecule is CCC=C(F)Cn1ccnc1.Fc1ccccc1B(c1ccccc1F)C1CCCCC1. The second kappa shape index (κ2) is 12.3. The number of rotatable bonds is 6. The van der Waals surface area contributed by atoms with Gasteiger partial charge in [-0.3, -0.25) is 0 Å². The Labute approximate surface area is 189 Å². The highest BCUT2D eigenvalue weighted by molar-refractivity contribution is 6.86. The van der Waals surface area contributed by atoms with Crippen molar-refractivity contribution in [2.24, 2.45) is 0 Å². The molecule has 2 nitrogen and oxygen atoms in total. The lowest BCUT2D eigenvalue weighted by molar-refractivity contribution is 0.498. The summed E-state index contributed by atoms with van der Waals surface area (Å²) in [5.41, 5.74) is 1.27. The molecule has 1 aliphatic carbocycles. The highest BCUT2D eigenvalue weighted by Crippen LogP contribution is 2.31. The summed E-state index contributed by atoms with van der Waals surface area (Å²) in [4.78, 5) is 3.80. The lowest BCUT2D eigenvalue weighted by Gasteiger charge is -2.29. The van der Waals surface area contributed by atoms with Crippen molar-refractivity contribution in [2.75, 3.05) is 0 Å². The predicted octanol–water partition coefficient (Wildman–Crippen LogP) is 6.05. The van der Waals surface area contributed by atoms with E-state index in [-0.39, 0.29) is 24.2 Å². The molecular formula is C26H30BF3N2. The molecule has 1 saturated carbocycles. The Balaban J connectivity index is 0.000000222. The molecule has 0 spiro atoms. The van der Waals surface area contributed by atoms with Crippen molar-refractivity contribution in [2.45, 2.75) is 57.8 Å². The van der Waals surface area contributed by atoms with Gasteiger partial charge in [0.2, 0.25) is 6.71 Å². The minimum absolute atomic E-state index is 0.106. The number of hydrogen-bond donors (Lipinski definition) is 0. The van der Waals surface area contributed by atoms with E-state index in [1.807, 2.05) is 19.1 Å². The van der Waals surface area contributed by atoms with Crippen LogP contribution in [0.15, 0.2) is 79.2 Å². The Morgan fingerprint density at radius 1 is 1.00 bits per heavy atom. The molecule has 1 aliphatic rings. The first-order valence-corrected chi connectivity index (χ1v) is 11.4. The molecule has 2 aromatic carbocycles. The van der Waals surface area contributed by atoms with Gasteiger partial charge in [0.25, 0.3) is 0 Å². The van der Waals surface area contributed by atoms with Crippen LogP contribution in [-0.4, -0.2) is 16.3 Å². The zero-order valence-corrected chi connectivity index (χ0v) is 18.6. The maximum Gasteiger partial charge on any atom is 0.220 e. The van der Waals surface area contributed by atoms with Crippen molar-refractivity contribution in [1.29, 1.82) is 0 Å². The number of imidazole rings is 1. The fraction of sp³-hybridized carbons (Fsp3) is 0.346. The van der Waals surface area contributed by atoms with Crippen molar-refractivity contribution in [3.8, 4) is 0 Å². The van der Waals surface area contributed by atoms with E-state index in [1.165, 1.54) is 18.6 Å². The van der Waals surface area contributed by atoms with E-state index in [0.717, 1.165) is 32.1 Å². The molecule has 3 aromatic rings. The van der Waals surface area contributed by atoms with Crippen LogP contribution >= 0.6 is 0 Å². The molecule has 0 bridgehead atoms. The van der Waals surface area contributed by atoms with Gasteiger partial charge in [0.15, 0.2) is 0 Å². The van der Waals surface area contributed by atoms with Crippen molar-refractivity contribution in [3.63, 3.8) is 0 Å². The van der Waals surface area contributed by atoms with Crippen LogP contribution in [0, 0.1) is 11.6 Å². The first-order valence-electron chi connectivity index (χ1n) is 11.4. The van der Waals surface area contributed by atoms with E-state index >= 15 is 0 Å². The van der Waals surface area contributed by atoms with Crippen molar-refractivity contribution < 1.29 is 13.2 Å². The lowest BCUT2D eigenvalue weighted by atomic mass is 9.31. The third-order valence-corrected chi connectivity index (χ3v) is 5.92. The van der Waals surface area contributed by atoms with Crippen molar-refractivity contribution in [3.05, 3.63) is 90.8 Å². The second-order valence-electron chi connectivity index (χ2n) is 8.21. The van der Waals surface area contributed by atoms with E-state index in [9.17, 15) is 13.2 Å². The van der Waals surface area contributed by atoms with Crippen molar-refractivity contribution in [1.82, 2.24) is 9.55 Å². The standard InChI is InChI=1S/C18H19BF2.C8H11FN2/c20-17-12-6-4-10-15(17)19(14-8-2-1-3-9-14)16-11-5-7-13-18(16)21;1-2-3-8(9)6-11-5-4-10-7-11/h4-7,10-14H,1-3,8-9H2;3-5,7H,2,6H2,1H3. The molecule has 32 heavy (non-hydrogen) atoms. The van der Waals surface area contributed by atoms with E-state index in [1.54, 1.807) is 53.6 Å². The van der Waals surface area contributed by atoms with Gasteiger partial charge in [0, 0.05) is 12.4 Å².